The maximum atomic E-state index is 5.94. The van der Waals surface area contributed by atoms with Gasteiger partial charge in [-0.2, -0.15) is 0 Å². The van der Waals surface area contributed by atoms with Gasteiger partial charge in [0.2, 0.25) is 0 Å². The predicted octanol–water partition coefficient (Wildman–Crippen LogP) is 2.70. The highest BCUT2D eigenvalue weighted by atomic mass is 79.9. The largest absolute Gasteiger partial charge is 0.365 e. The van der Waals surface area contributed by atoms with Gasteiger partial charge >= 0.3 is 0 Å². The van der Waals surface area contributed by atoms with Crippen LogP contribution in [0.25, 0.3) is 0 Å². The zero-order chi connectivity index (χ0) is 14.0. The van der Waals surface area contributed by atoms with Crippen molar-refractivity contribution in [3.05, 3.63) is 28.7 Å². The van der Waals surface area contributed by atoms with Crippen molar-refractivity contribution in [2.24, 2.45) is 5.73 Å². The summed E-state index contributed by atoms with van der Waals surface area (Å²) in [5.74, 6) is 0. The lowest BCUT2D eigenvalue weighted by atomic mass is 9.97. The second kappa shape index (κ2) is 5.81. The van der Waals surface area contributed by atoms with E-state index < -0.39 is 0 Å². The molecule has 0 spiro atoms. The standard InChI is InChI=1S/C15H24BrN3/c1-15(2)8-9-18(3)14(10-17)11-19(15)13-6-4-12(16)5-7-13/h4-7,14H,8-11,17H2,1-3H3. The lowest BCUT2D eigenvalue weighted by Gasteiger charge is -2.40. The lowest BCUT2D eigenvalue weighted by Crippen LogP contribution is -2.49. The highest BCUT2D eigenvalue weighted by Gasteiger charge is 2.33. The van der Waals surface area contributed by atoms with E-state index in [0.717, 1.165) is 24.0 Å². The molecule has 1 atom stereocenters. The second-order valence-corrected chi connectivity index (χ2v) is 6.94. The Morgan fingerprint density at radius 2 is 1.95 bits per heavy atom. The lowest BCUT2D eigenvalue weighted by molar-refractivity contribution is 0.263. The van der Waals surface area contributed by atoms with E-state index in [-0.39, 0.29) is 5.54 Å². The molecule has 4 heteroatoms. The molecule has 0 aliphatic carbocycles. The average molecular weight is 326 g/mol. The summed E-state index contributed by atoms with van der Waals surface area (Å²) >= 11 is 3.50. The minimum Gasteiger partial charge on any atom is -0.365 e. The van der Waals surface area contributed by atoms with Crippen molar-refractivity contribution in [3.63, 3.8) is 0 Å². The fraction of sp³-hybridized carbons (Fsp3) is 0.600. The molecule has 1 aromatic rings. The van der Waals surface area contributed by atoms with Gasteiger partial charge in [0.15, 0.2) is 0 Å². The van der Waals surface area contributed by atoms with Gasteiger partial charge in [-0.15, -0.1) is 0 Å². The van der Waals surface area contributed by atoms with E-state index in [1.54, 1.807) is 0 Å². The molecule has 1 aliphatic heterocycles. The highest BCUT2D eigenvalue weighted by molar-refractivity contribution is 9.10. The first-order valence-electron chi connectivity index (χ1n) is 6.87. The van der Waals surface area contributed by atoms with Crippen LogP contribution in [0.5, 0.6) is 0 Å². The fourth-order valence-corrected chi connectivity index (χ4v) is 2.96. The summed E-state index contributed by atoms with van der Waals surface area (Å²) in [5, 5.41) is 0. The summed E-state index contributed by atoms with van der Waals surface area (Å²) in [6.07, 6.45) is 1.15. The third kappa shape index (κ3) is 3.30. The van der Waals surface area contributed by atoms with Gasteiger partial charge in [-0.1, -0.05) is 15.9 Å². The zero-order valence-corrected chi connectivity index (χ0v) is 13.7. The average Bonchev–Trinajstić information content (AvgIpc) is 2.49. The first-order chi connectivity index (χ1) is 8.94. The van der Waals surface area contributed by atoms with Crippen LogP contribution in [0.4, 0.5) is 5.69 Å². The summed E-state index contributed by atoms with van der Waals surface area (Å²) in [6, 6.07) is 9.01. The van der Waals surface area contributed by atoms with Gasteiger partial charge in [-0.25, -0.2) is 0 Å². The van der Waals surface area contributed by atoms with Gasteiger partial charge in [0, 0.05) is 41.4 Å². The molecule has 0 saturated carbocycles. The normalized spacial score (nSPS) is 24.3. The Morgan fingerprint density at radius 1 is 1.32 bits per heavy atom. The van der Waals surface area contributed by atoms with Crippen molar-refractivity contribution in [1.82, 2.24) is 4.90 Å². The number of hydrogen-bond donors (Lipinski definition) is 1. The molecule has 0 aromatic heterocycles. The van der Waals surface area contributed by atoms with E-state index in [9.17, 15) is 0 Å². The molecule has 3 nitrogen and oxygen atoms in total. The van der Waals surface area contributed by atoms with Crippen LogP contribution in [-0.4, -0.2) is 43.2 Å². The van der Waals surface area contributed by atoms with Crippen LogP contribution < -0.4 is 10.6 Å². The third-order valence-electron chi connectivity index (χ3n) is 4.23. The number of hydrogen-bond acceptors (Lipinski definition) is 3. The van der Waals surface area contributed by atoms with Crippen LogP contribution in [0.15, 0.2) is 28.7 Å². The molecule has 19 heavy (non-hydrogen) atoms. The number of benzene rings is 1. The van der Waals surface area contributed by atoms with Crippen molar-refractivity contribution in [2.45, 2.75) is 31.8 Å². The quantitative estimate of drug-likeness (QED) is 0.907. The SMILES string of the molecule is CN1CCC(C)(C)N(c2ccc(Br)cc2)CC1CN. The van der Waals surface area contributed by atoms with Gasteiger partial charge in [-0.3, -0.25) is 0 Å². The van der Waals surface area contributed by atoms with E-state index in [4.69, 9.17) is 5.73 Å². The van der Waals surface area contributed by atoms with Crippen LogP contribution in [0.1, 0.15) is 20.3 Å². The van der Waals surface area contributed by atoms with Gasteiger partial charge in [-0.05, 0) is 51.6 Å². The summed E-state index contributed by atoms with van der Waals surface area (Å²) < 4.78 is 1.12. The Bertz CT molecular complexity index is 416. The number of nitrogens with two attached hydrogens (primary N) is 1. The Labute approximate surface area is 124 Å². The van der Waals surface area contributed by atoms with Crippen LogP contribution in [0.3, 0.4) is 0 Å². The number of anilines is 1. The molecule has 2 rings (SSSR count). The Kier molecular flexibility index (Phi) is 4.54. The minimum absolute atomic E-state index is 0.159. The van der Waals surface area contributed by atoms with Crippen molar-refractivity contribution >= 4 is 21.6 Å². The predicted molar refractivity (Wildman–Crippen MR) is 85.7 cm³/mol. The van der Waals surface area contributed by atoms with E-state index in [1.165, 1.54) is 5.69 Å². The minimum atomic E-state index is 0.159. The monoisotopic (exact) mass is 325 g/mol. The molecule has 1 unspecified atom stereocenters. The number of rotatable bonds is 2. The van der Waals surface area contributed by atoms with Crippen molar-refractivity contribution in [2.75, 3.05) is 31.6 Å². The van der Waals surface area contributed by atoms with Crippen LogP contribution in [0, 0.1) is 0 Å². The number of nitrogens with zero attached hydrogens (tertiary/aromatic N) is 2. The summed E-state index contributed by atoms with van der Waals surface area (Å²) in [6.45, 7) is 7.44. The molecule has 106 valence electrons. The van der Waals surface area contributed by atoms with Crippen LogP contribution >= 0.6 is 15.9 Å². The fourth-order valence-electron chi connectivity index (χ4n) is 2.70. The topological polar surface area (TPSA) is 32.5 Å². The maximum absolute atomic E-state index is 5.94. The first kappa shape index (κ1) is 14.8. The molecular formula is C15H24BrN3. The Morgan fingerprint density at radius 3 is 2.53 bits per heavy atom. The number of halogens is 1. The molecule has 1 heterocycles. The van der Waals surface area contributed by atoms with Gasteiger partial charge in [0.25, 0.3) is 0 Å². The van der Waals surface area contributed by atoms with E-state index >= 15 is 0 Å². The molecule has 1 aliphatic rings. The summed E-state index contributed by atoms with van der Waals surface area (Å²) in [4.78, 5) is 4.89. The zero-order valence-electron chi connectivity index (χ0n) is 12.1. The van der Waals surface area contributed by atoms with Crippen LogP contribution in [-0.2, 0) is 0 Å². The molecule has 0 amide bonds. The van der Waals surface area contributed by atoms with Crippen molar-refractivity contribution in [1.29, 1.82) is 0 Å². The van der Waals surface area contributed by atoms with Crippen LogP contribution in [0.2, 0.25) is 0 Å². The molecule has 1 saturated heterocycles. The second-order valence-electron chi connectivity index (χ2n) is 6.02. The Balaban J connectivity index is 2.30. The molecule has 0 radical (unpaired) electrons. The van der Waals surface area contributed by atoms with E-state index in [2.05, 4.69) is 70.9 Å². The van der Waals surface area contributed by atoms with Crippen molar-refractivity contribution < 1.29 is 0 Å². The van der Waals surface area contributed by atoms with E-state index in [1.807, 2.05) is 0 Å². The molecule has 0 bridgehead atoms. The van der Waals surface area contributed by atoms with Gasteiger partial charge in [0.1, 0.15) is 0 Å². The highest BCUT2D eigenvalue weighted by Crippen LogP contribution is 2.30. The molecular weight excluding hydrogens is 302 g/mol. The van der Waals surface area contributed by atoms with Crippen molar-refractivity contribution in [3.8, 4) is 0 Å². The number of likely N-dealkylation sites (N-methyl/N-ethyl adjacent to an activating group) is 1. The molecule has 2 N–H and O–H groups in total. The molecule has 1 fully saturated rings. The third-order valence-corrected chi connectivity index (χ3v) is 4.76. The van der Waals surface area contributed by atoms with Gasteiger partial charge < -0.3 is 15.5 Å². The Hall–Kier alpha value is -0.580. The van der Waals surface area contributed by atoms with E-state index in [0.29, 0.717) is 12.6 Å². The summed E-state index contributed by atoms with van der Waals surface area (Å²) in [7, 11) is 2.18. The molecule has 1 aromatic carbocycles. The van der Waals surface area contributed by atoms with Gasteiger partial charge in [0.05, 0.1) is 0 Å². The smallest absolute Gasteiger partial charge is 0.0390 e. The maximum Gasteiger partial charge on any atom is 0.0390 e. The first-order valence-corrected chi connectivity index (χ1v) is 7.67. The summed E-state index contributed by atoms with van der Waals surface area (Å²) in [5.41, 5.74) is 7.38.